The van der Waals surface area contributed by atoms with Gasteiger partial charge >= 0.3 is 0 Å². The van der Waals surface area contributed by atoms with Gasteiger partial charge in [0, 0.05) is 18.4 Å². The van der Waals surface area contributed by atoms with Crippen LogP contribution < -0.4 is 5.73 Å². The number of nitrogens with two attached hydrogens (primary N) is 1. The van der Waals surface area contributed by atoms with Gasteiger partial charge in [0.1, 0.15) is 0 Å². The third-order valence-corrected chi connectivity index (χ3v) is 6.39. The summed E-state index contributed by atoms with van der Waals surface area (Å²) in [6, 6.07) is 18.3. The third kappa shape index (κ3) is 7.95. The van der Waals surface area contributed by atoms with Crippen LogP contribution in [0.1, 0.15) is 78.8 Å². The highest BCUT2D eigenvalue weighted by atomic mass is 16.1. The van der Waals surface area contributed by atoms with Crippen molar-refractivity contribution in [3.05, 3.63) is 71.3 Å². The van der Waals surface area contributed by atoms with Crippen molar-refractivity contribution in [2.75, 3.05) is 19.6 Å². The van der Waals surface area contributed by atoms with E-state index in [4.69, 9.17) is 5.73 Å². The molecule has 4 heteroatoms. The first-order chi connectivity index (χ1) is 15.1. The molecule has 3 rings (SSSR count). The highest BCUT2D eigenvalue weighted by Gasteiger charge is 2.20. The number of nitrogens with zero attached hydrogens (tertiary/aromatic N) is 1. The number of rotatable bonds is 12. The standard InChI is InChI=1S/C27H36N2O2/c28-27(31)15-14-22-9-8-12-25(21-22)23-16-19-29(20-17-23)18-7-2-1-6-13-26(30)24-10-4-3-5-11-24/h3-5,8-12,21,23H,1-2,6-7,13-20H2,(H2,28,31). The minimum atomic E-state index is -0.235. The lowest BCUT2D eigenvalue weighted by atomic mass is 9.88. The van der Waals surface area contributed by atoms with Crippen LogP contribution in [-0.4, -0.2) is 36.2 Å². The first kappa shape index (κ1) is 23.2. The van der Waals surface area contributed by atoms with Crippen molar-refractivity contribution in [3.8, 4) is 0 Å². The molecule has 0 bridgehead atoms. The summed E-state index contributed by atoms with van der Waals surface area (Å²) >= 11 is 0. The van der Waals surface area contributed by atoms with Gasteiger partial charge in [-0.05, 0) is 68.8 Å². The van der Waals surface area contributed by atoms with E-state index >= 15 is 0 Å². The molecular weight excluding hydrogens is 384 g/mol. The molecule has 1 aliphatic rings. The Labute approximate surface area is 186 Å². The van der Waals surface area contributed by atoms with Crippen molar-refractivity contribution < 1.29 is 9.59 Å². The van der Waals surface area contributed by atoms with Gasteiger partial charge in [0.25, 0.3) is 0 Å². The SMILES string of the molecule is NC(=O)CCc1cccc(C2CCN(CCCCCCC(=O)c3ccccc3)CC2)c1. The summed E-state index contributed by atoms with van der Waals surface area (Å²) in [5.41, 5.74) is 8.74. The Balaban J connectivity index is 1.29. The number of carbonyl (C=O) groups excluding carboxylic acids is 2. The predicted molar refractivity (Wildman–Crippen MR) is 126 cm³/mol. The minimum Gasteiger partial charge on any atom is -0.370 e. The molecule has 0 aliphatic carbocycles. The van der Waals surface area contributed by atoms with Crippen LogP contribution in [0.3, 0.4) is 0 Å². The number of hydrogen-bond donors (Lipinski definition) is 1. The van der Waals surface area contributed by atoms with Gasteiger partial charge in [-0.3, -0.25) is 9.59 Å². The fraction of sp³-hybridized carbons (Fsp3) is 0.481. The lowest BCUT2D eigenvalue weighted by Crippen LogP contribution is -2.33. The zero-order chi connectivity index (χ0) is 21.9. The molecule has 4 nitrogen and oxygen atoms in total. The second-order valence-electron chi connectivity index (χ2n) is 8.78. The van der Waals surface area contributed by atoms with E-state index in [9.17, 15) is 9.59 Å². The number of hydrogen-bond acceptors (Lipinski definition) is 3. The first-order valence-corrected chi connectivity index (χ1v) is 11.8. The second-order valence-corrected chi connectivity index (χ2v) is 8.78. The summed E-state index contributed by atoms with van der Waals surface area (Å²) in [5, 5.41) is 0. The molecule has 1 saturated heterocycles. The fourth-order valence-corrected chi connectivity index (χ4v) is 4.50. The molecule has 0 unspecified atom stereocenters. The number of amides is 1. The molecule has 1 fully saturated rings. The van der Waals surface area contributed by atoms with E-state index in [2.05, 4.69) is 29.2 Å². The van der Waals surface area contributed by atoms with Gasteiger partial charge in [0.15, 0.2) is 5.78 Å². The van der Waals surface area contributed by atoms with Crippen molar-refractivity contribution in [3.63, 3.8) is 0 Å². The second kappa shape index (κ2) is 12.4. The van der Waals surface area contributed by atoms with E-state index < -0.39 is 0 Å². The number of ketones is 1. The number of primary amides is 1. The third-order valence-electron chi connectivity index (χ3n) is 6.39. The number of likely N-dealkylation sites (tertiary alicyclic amines) is 1. The lowest BCUT2D eigenvalue weighted by Gasteiger charge is -2.32. The molecule has 31 heavy (non-hydrogen) atoms. The Kier molecular flexibility index (Phi) is 9.29. The highest BCUT2D eigenvalue weighted by Crippen LogP contribution is 2.29. The van der Waals surface area contributed by atoms with Crippen molar-refractivity contribution >= 4 is 11.7 Å². The molecule has 0 spiro atoms. The summed E-state index contributed by atoms with van der Waals surface area (Å²) in [6.07, 6.45) is 8.75. The molecule has 1 aliphatic heterocycles. The Morgan fingerprint density at radius 3 is 2.35 bits per heavy atom. The van der Waals surface area contributed by atoms with Crippen LogP contribution in [0.4, 0.5) is 0 Å². The number of carbonyl (C=O) groups is 2. The molecule has 0 radical (unpaired) electrons. The van der Waals surface area contributed by atoms with Crippen molar-refractivity contribution in [2.45, 2.75) is 63.7 Å². The summed E-state index contributed by atoms with van der Waals surface area (Å²) in [6.45, 7) is 3.48. The smallest absolute Gasteiger partial charge is 0.217 e. The number of Topliss-reactive ketones (excluding diaryl/α,β-unsaturated/α-hetero) is 1. The average molecular weight is 421 g/mol. The van der Waals surface area contributed by atoms with E-state index in [1.165, 1.54) is 36.8 Å². The molecule has 0 atom stereocenters. The van der Waals surface area contributed by atoms with Crippen LogP contribution in [-0.2, 0) is 11.2 Å². The summed E-state index contributed by atoms with van der Waals surface area (Å²) in [7, 11) is 0. The first-order valence-electron chi connectivity index (χ1n) is 11.8. The molecule has 1 amide bonds. The molecule has 166 valence electrons. The maximum atomic E-state index is 12.1. The van der Waals surface area contributed by atoms with E-state index in [1.807, 2.05) is 30.3 Å². The predicted octanol–water partition coefficient (Wildman–Crippen LogP) is 5.12. The van der Waals surface area contributed by atoms with E-state index in [1.54, 1.807) is 0 Å². The van der Waals surface area contributed by atoms with E-state index in [-0.39, 0.29) is 11.7 Å². The summed E-state index contributed by atoms with van der Waals surface area (Å²) in [5.74, 6) is 0.650. The highest BCUT2D eigenvalue weighted by molar-refractivity contribution is 5.95. The largest absolute Gasteiger partial charge is 0.370 e. The molecule has 2 aromatic rings. The van der Waals surface area contributed by atoms with Gasteiger partial charge in [-0.25, -0.2) is 0 Å². The molecular formula is C27H36N2O2. The van der Waals surface area contributed by atoms with Crippen LogP contribution in [0.25, 0.3) is 0 Å². The lowest BCUT2D eigenvalue weighted by molar-refractivity contribution is -0.117. The van der Waals surface area contributed by atoms with E-state index in [0.717, 1.165) is 44.5 Å². The van der Waals surface area contributed by atoms with Gasteiger partial charge in [-0.1, -0.05) is 67.4 Å². The summed E-state index contributed by atoms with van der Waals surface area (Å²) in [4.78, 5) is 25.7. The number of aryl methyl sites for hydroxylation is 1. The van der Waals surface area contributed by atoms with Gasteiger partial charge in [0.05, 0.1) is 0 Å². The Morgan fingerprint density at radius 2 is 1.61 bits per heavy atom. The Morgan fingerprint density at radius 1 is 0.871 bits per heavy atom. The average Bonchev–Trinajstić information content (AvgIpc) is 2.81. The molecule has 0 saturated carbocycles. The Bertz CT molecular complexity index is 826. The van der Waals surface area contributed by atoms with Crippen molar-refractivity contribution in [1.29, 1.82) is 0 Å². The van der Waals surface area contributed by atoms with Crippen LogP contribution in [0, 0.1) is 0 Å². The zero-order valence-corrected chi connectivity index (χ0v) is 18.6. The zero-order valence-electron chi connectivity index (χ0n) is 18.6. The summed E-state index contributed by atoms with van der Waals surface area (Å²) < 4.78 is 0. The maximum absolute atomic E-state index is 12.1. The molecule has 2 aromatic carbocycles. The van der Waals surface area contributed by atoms with Gasteiger partial charge in [0.2, 0.25) is 5.91 Å². The molecule has 2 N–H and O–H groups in total. The Hall–Kier alpha value is -2.46. The normalized spacial score (nSPS) is 15.1. The molecule has 1 heterocycles. The fourth-order valence-electron chi connectivity index (χ4n) is 4.50. The number of unbranched alkanes of at least 4 members (excludes halogenated alkanes) is 3. The van der Waals surface area contributed by atoms with Crippen molar-refractivity contribution in [1.82, 2.24) is 4.90 Å². The number of benzene rings is 2. The monoisotopic (exact) mass is 420 g/mol. The van der Waals surface area contributed by atoms with Gasteiger partial charge in [-0.2, -0.15) is 0 Å². The van der Waals surface area contributed by atoms with E-state index in [0.29, 0.717) is 18.8 Å². The van der Waals surface area contributed by atoms with Crippen LogP contribution in [0.2, 0.25) is 0 Å². The van der Waals surface area contributed by atoms with Gasteiger partial charge in [-0.15, -0.1) is 0 Å². The quantitative estimate of drug-likeness (QED) is 0.383. The van der Waals surface area contributed by atoms with Gasteiger partial charge < -0.3 is 10.6 Å². The topological polar surface area (TPSA) is 63.4 Å². The number of piperidine rings is 1. The molecule has 0 aromatic heterocycles. The van der Waals surface area contributed by atoms with Crippen LogP contribution >= 0.6 is 0 Å². The van der Waals surface area contributed by atoms with Crippen LogP contribution in [0.15, 0.2) is 54.6 Å². The van der Waals surface area contributed by atoms with Crippen LogP contribution in [0.5, 0.6) is 0 Å². The van der Waals surface area contributed by atoms with Crippen molar-refractivity contribution in [2.24, 2.45) is 5.73 Å². The maximum Gasteiger partial charge on any atom is 0.217 e. The minimum absolute atomic E-state index is 0.235.